The lowest BCUT2D eigenvalue weighted by Crippen LogP contribution is -2.08. The molecule has 3 rings (SSSR count). The molecule has 1 aliphatic carbocycles. The van der Waals surface area contributed by atoms with E-state index in [2.05, 4.69) is 31.5 Å². The monoisotopic (exact) mass is 293 g/mol. The summed E-state index contributed by atoms with van der Waals surface area (Å²) in [6.45, 7) is 6.45. The zero-order valence-electron chi connectivity index (χ0n) is 11.6. The van der Waals surface area contributed by atoms with E-state index in [-0.39, 0.29) is 0 Å². The number of aromatic nitrogens is 2. The number of nitrogens with one attached hydrogen (secondary N) is 1. The first-order chi connectivity index (χ1) is 9.17. The minimum absolute atomic E-state index is 0.424. The van der Waals surface area contributed by atoms with Gasteiger partial charge in [0.2, 0.25) is 0 Å². The molecular formula is C14H19N3S2. The molecule has 0 spiro atoms. The SMILES string of the molecule is CCc1nc(C2CC2)sc1-c1csc(NC(C)C)n1. The largest absolute Gasteiger partial charge is 0.359 e. The van der Waals surface area contributed by atoms with E-state index in [4.69, 9.17) is 9.97 Å². The number of rotatable bonds is 5. The van der Waals surface area contributed by atoms with Crippen molar-refractivity contribution in [3.05, 3.63) is 16.1 Å². The van der Waals surface area contributed by atoms with Gasteiger partial charge in [0.05, 0.1) is 21.3 Å². The maximum atomic E-state index is 4.80. The van der Waals surface area contributed by atoms with Crippen LogP contribution in [0.3, 0.4) is 0 Å². The van der Waals surface area contributed by atoms with Crippen molar-refractivity contribution in [2.75, 3.05) is 5.32 Å². The van der Waals surface area contributed by atoms with Gasteiger partial charge in [-0.15, -0.1) is 22.7 Å². The molecule has 2 heterocycles. The van der Waals surface area contributed by atoms with Gasteiger partial charge in [0, 0.05) is 17.3 Å². The van der Waals surface area contributed by atoms with Crippen LogP contribution in [0.1, 0.15) is 50.2 Å². The van der Waals surface area contributed by atoms with Gasteiger partial charge in [-0.3, -0.25) is 0 Å². The lowest BCUT2D eigenvalue weighted by Gasteiger charge is -2.04. The summed E-state index contributed by atoms with van der Waals surface area (Å²) in [5.74, 6) is 0.732. The summed E-state index contributed by atoms with van der Waals surface area (Å²) in [5.41, 5.74) is 2.31. The molecule has 0 aliphatic heterocycles. The number of hydrogen-bond acceptors (Lipinski definition) is 5. The predicted octanol–water partition coefficient (Wildman–Crippen LogP) is 4.53. The van der Waals surface area contributed by atoms with Crippen LogP contribution in [0, 0.1) is 0 Å². The maximum Gasteiger partial charge on any atom is 0.183 e. The summed E-state index contributed by atoms with van der Waals surface area (Å²) >= 11 is 3.53. The average molecular weight is 293 g/mol. The van der Waals surface area contributed by atoms with Gasteiger partial charge in [0.25, 0.3) is 0 Å². The molecule has 1 fully saturated rings. The van der Waals surface area contributed by atoms with Crippen LogP contribution in [0.15, 0.2) is 5.38 Å². The molecule has 3 nitrogen and oxygen atoms in total. The van der Waals surface area contributed by atoms with Crippen molar-refractivity contribution in [1.29, 1.82) is 0 Å². The molecule has 0 bridgehead atoms. The highest BCUT2D eigenvalue weighted by molar-refractivity contribution is 7.17. The van der Waals surface area contributed by atoms with Crippen LogP contribution in [0.2, 0.25) is 0 Å². The third kappa shape index (κ3) is 2.82. The van der Waals surface area contributed by atoms with Crippen LogP contribution in [-0.2, 0) is 6.42 Å². The predicted molar refractivity (Wildman–Crippen MR) is 83.3 cm³/mol. The Morgan fingerprint density at radius 1 is 1.37 bits per heavy atom. The highest BCUT2D eigenvalue weighted by atomic mass is 32.1. The second kappa shape index (κ2) is 5.21. The number of hydrogen-bond donors (Lipinski definition) is 1. The Kier molecular flexibility index (Phi) is 3.58. The highest BCUT2D eigenvalue weighted by Crippen LogP contribution is 2.45. The first kappa shape index (κ1) is 13.1. The number of aryl methyl sites for hydroxylation is 1. The first-order valence-electron chi connectivity index (χ1n) is 6.89. The third-order valence-corrected chi connectivity index (χ3v) is 5.18. The summed E-state index contributed by atoms with van der Waals surface area (Å²) in [5, 5.41) is 7.84. The quantitative estimate of drug-likeness (QED) is 0.880. The lowest BCUT2D eigenvalue weighted by molar-refractivity contribution is 0.896. The van der Waals surface area contributed by atoms with E-state index in [0.29, 0.717) is 6.04 Å². The molecule has 0 saturated heterocycles. The van der Waals surface area contributed by atoms with Gasteiger partial charge >= 0.3 is 0 Å². The van der Waals surface area contributed by atoms with Gasteiger partial charge < -0.3 is 5.32 Å². The number of thiazole rings is 2. The summed E-state index contributed by atoms with van der Waals surface area (Å²) in [4.78, 5) is 10.8. The fraction of sp³-hybridized carbons (Fsp3) is 0.571. The molecule has 5 heteroatoms. The fourth-order valence-electron chi connectivity index (χ4n) is 2.01. The Morgan fingerprint density at radius 3 is 2.79 bits per heavy atom. The average Bonchev–Trinajstić information content (AvgIpc) is 2.97. The van der Waals surface area contributed by atoms with E-state index in [1.807, 2.05) is 11.3 Å². The maximum absolute atomic E-state index is 4.80. The molecule has 0 amide bonds. The smallest absolute Gasteiger partial charge is 0.183 e. The van der Waals surface area contributed by atoms with E-state index in [1.165, 1.54) is 28.4 Å². The van der Waals surface area contributed by atoms with E-state index in [0.717, 1.165) is 23.2 Å². The van der Waals surface area contributed by atoms with Crippen molar-refractivity contribution in [3.8, 4) is 10.6 Å². The lowest BCUT2D eigenvalue weighted by atomic mass is 10.2. The molecule has 0 unspecified atom stereocenters. The van der Waals surface area contributed by atoms with Crippen LogP contribution >= 0.6 is 22.7 Å². The minimum Gasteiger partial charge on any atom is -0.359 e. The van der Waals surface area contributed by atoms with Crippen LogP contribution in [0.4, 0.5) is 5.13 Å². The molecule has 0 atom stereocenters. The van der Waals surface area contributed by atoms with Gasteiger partial charge in [-0.05, 0) is 33.1 Å². The van der Waals surface area contributed by atoms with Gasteiger partial charge in [-0.1, -0.05) is 6.92 Å². The van der Waals surface area contributed by atoms with E-state index in [1.54, 1.807) is 11.3 Å². The van der Waals surface area contributed by atoms with Gasteiger partial charge in [-0.2, -0.15) is 0 Å². The molecule has 0 radical (unpaired) electrons. The first-order valence-corrected chi connectivity index (χ1v) is 8.59. The Bertz CT molecular complexity index is 567. The summed E-state index contributed by atoms with van der Waals surface area (Å²) in [6, 6.07) is 0.424. The second-order valence-electron chi connectivity index (χ2n) is 5.29. The number of nitrogens with zero attached hydrogens (tertiary/aromatic N) is 2. The Hall–Kier alpha value is -0.940. The molecule has 1 aliphatic rings. The molecular weight excluding hydrogens is 274 g/mol. The van der Waals surface area contributed by atoms with Crippen molar-refractivity contribution in [1.82, 2.24) is 9.97 Å². The minimum atomic E-state index is 0.424. The molecule has 2 aromatic heterocycles. The van der Waals surface area contributed by atoms with Crippen LogP contribution in [-0.4, -0.2) is 16.0 Å². The van der Waals surface area contributed by atoms with Crippen LogP contribution < -0.4 is 5.32 Å². The van der Waals surface area contributed by atoms with Crippen LogP contribution in [0.5, 0.6) is 0 Å². The molecule has 19 heavy (non-hydrogen) atoms. The summed E-state index contributed by atoms with van der Waals surface area (Å²) in [6.07, 6.45) is 3.61. The van der Waals surface area contributed by atoms with Crippen molar-refractivity contribution in [3.63, 3.8) is 0 Å². The van der Waals surface area contributed by atoms with Crippen molar-refractivity contribution in [2.24, 2.45) is 0 Å². The third-order valence-electron chi connectivity index (χ3n) is 3.12. The zero-order chi connectivity index (χ0) is 13.4. The Morgan fingerprint density at radius 2 is 2.16 bits per heavy atom. The van der Waals surface area contributed by atoms with E-state index in [9.17, 15) is 0 Å². The fourth-order valence-corrected chi connectivity index (χ4v) is 4.21. The molecule has 1 saturated carbocycles. The van der Waals surface area contributed by atoms with Gasteiger partial charge in [-0.25, -0.2) is 9.97 Å². The van der Waals surface area contributed by atoms with Crippen LogP contribution in [0.25, 0.3) is 10.6 Å². The summed E-state index contributed by atoms with van der Waals surface area (Å²) < 4.78 is 0. The van der Waals surface area contributed by atoms with E-state index < -0.39 is 0 Å². The Balaban J connectivity index is 1.89. The molecule has 102 valence electrons. The van der Waals surface area contributed by atoms with Gasteiger partial charge in [0.15, 0.2) is 5.13 Å². The van der Waals surface area contributed by atoms with Crippen molar-refractivity contribution >= 4 is 27.8 Å². The standard InChI is InChI=1S/C14H19N3S2/c1-4-10-12(19-13(16-10)9-5-6-9)11-7-18-14(17-11)15-8(2)3/h7-9H,4-6H2,1-3H3,(H,15,17). The number of anilines is 1. The second-order valence-corrected chi connectivity index (χ2v) is 7.18. The molecule has 2 aromatic rings. The highest BCUT2D eigenvalue weighted by Gasteiger charge is 2.28. The molecule has 1 N–H and O–H groups in total. The zero-order valence-corrected chi connectivity index (χ0v) is 13.2. The molecule has 0 aromatic carbocycles. The topological polar surface area (TPSA) is 37.8 Å². The summed E-state index contributed by atoms with van der Waals surface area (Å²) in [7, 11) is 0. The van der Waals surface area contributed by atoms with Gasteiger partial charge in [0.1, 0.15) is 0 Å². The Labute approximate surface area is 122 Å². The normalized spacial score (nSPS) is 15.2. The van der Waals surface area contributed by atoms with E-state index >= 15 is 0 Å². The van der Waals surface area contributed by atoms with Crippen molar-refractivity contribution < 1.29 is 0 Å². The van der Waals surface area contributed by atoms with Crippen molar-refractivity contribution in [2.45, 2.75) is 52.0 Å².